The summed E-state index contributed by atoms with van der Waals surface area (Å²) in [5.41, 5.74) is 8.37. The molecule has 1 amide bonds. The fourth-order valence-electron chi connectivity index (χ4n) is 3.38. The molecule has 3 rings (SSSR count). The molecule has 1 aromatic carbocycles. The number of amides is 1. The normalized spacial score (nSPS) is 19.9. The van der Waals surface area contributed by atoms with Crippen LogP contribution in [0.3, 0.4) is 0 Å². The molecule has 1 fully saturated rings. The molecule has 0 saturated carbocycles. The summed E-state index contributed by atoms with van der Waals surface area (Å²) in [5.74, 6) is 0.756. The lowest BCUT2D eigenvalue weighted by atomic mass is 9.95. The van der Waals surface area contributed by atoms with Crippen LogP contribution in [-0.2, 0) is 17.6 Å². The lowest BCUT2D eigenvalue weighted by Gasteiger charge is -2.33. The van der Waals surface area contributed by atoms with Crippen molar-refractivity contribution in [3.63, 3.8) is 0 Å². The highest BCUT2D eigenvalue weighted by atomic mass is 32.1. The molecule has 3 nitrogen and oxygen atoms in total. The second-order valence-electron chi connectivity index (χ2n) is 5.88. The number of fused-ring (bicyclic) bond motifs is 1. The predicted molar refractivity (Wildman–Crippen MR) is 83.4 cm³/mol. The molecule has 0 unspecified atom stereocenters. The Hall–Kier alpha value is -1.42. The third-order valence-electron chi connectivity index (χ3n) is 4.61. The average molecular weight is 288 g/mol. The first-order valence-electron chi connectivity index (χ1n) is 7.30. The van der Waals surface area contributed by atoms with Crippen molar-refractivity contribution < 1.29 is 4.79 Å². The maximum atomic E-state index is 12.6. The molecule has 0 spiro atoms. The summed E-state index contributed by atoms with van der Waals surface area (Å²) in [6.07, 6.45) is 3.62. The molecule has 20 heavy (non-hydrogen) atoms. The van der Waals surface area contributed by atoms with Gasteiger partial charge in [-0.15, -0.1) is 0 Å². The number of rotatable bonds is 2. The number of likely N-dealkylation sites (tertiary alicyclic amines) is 1. The number of thiocarbonyl (C=S) groups is 1. The van der Waals surface area contributed by atoms with Crippen LogP contribution in [0.2, 0.25) is 0 Å². The van der Waals surface area contributed by atoms with Crippen molar-refractivity contribution in [3.05, 3.63) is 35.4 Å². The van der Waals surface area contributed by atoms with E-state index in [1.54, 1.807) is 0 Å². The van der Waals surface area contributed by atoms with E-state index >= 15 is 0 Å². The van der Waals surface area contributed by atoms with Gasteiger partial charge in [0.2, 0.25) is 5.91 Å². The van der Waals surface area contributed by atoms with Crippen molar-refractivity contribution in [2.24, 2.45) is 17.6 Å². The van der Waals surface area contributed by atoms with Gasteiger partial charge < -0.3 is 10.6 Å². The Kier molecular flexibility index (Phi) is 3.74. The number of benzene rings is 1. The molecule has 1 heterocycles. The van der Waals surface area contributed by atoms with Gasteiger partial charge in [-0.05, 0) is 36.8 Å². The van der Waals surface area contributed by atoms with Crippen LogP contribution in [0.15, 0.2) is 24.3 Å². The van der Waals surface area contributed by atoms with Crippen molar-refractivity contribution in [1.29, 1.82) is 0 Å². The fourth-order valence-corrected chi connectivity index (χ4v) is 3.61. The number of hydrogen-bond donors (Lipinski definition) is 1. The number of nitrogens with two attached hydrogens (primary N) is 1. The zero-order valence-electron chi connectivity index (χ0n) is 11.5. The van der Waals surface area contributed by atoms with Crippen LogP contribution in [0.1, 0.15) is 24.0 Å². The number of piperidine rings is 1. The first-order chi connectivity index (χ1) is 9.65. The van der Waals surface area contributed by atoms with E-state index in [0.29, 0.717) is 16.8 Å². The Morgan fingerprint density at radius 2 is 1.65 bits per heavy atom. The number of carbonyl (C=O) groups is 1. The number of nitrogens with zero attached hydrogens (tertiary/aromatic N) is 1. The maximum Gasteiger partial charge on any atom is 0.226 e. The molecule has 1 aliphatic carbocycles. The molecule has 1 aliphatic heterocycles. The van der Waals surface area contributed by atoms with E-state index in [9.17, 15) is 4.79 Å². The average Bonchev–Trinajstić information content (AvgIpc) is 2.90. The molecule has 0 atom stereocenters. The molecule has 0 aromatic heterocycles. The Bertz CT molecular complexity index is 510. The molecule has 4 heteroatoms. The molecule has 1 aromatic rings. The van der Waals surface area contributed by atoms with Crippen LogP contribution in [0, 0.1) is 11.8 Å². The zero-order chi connectivity index (χ0) is 14.1. The van der Waals surface area contributed by atoms with Gasteiger partial charge >= 0.3 is 0 Å². The van der Waals surface area contributed by atoms with Crippen LogP contribution >= 0.6 is 12.2 Å². The van der Waals surface area contributed by atoms with Crippen molar-refractivity contribution in [1.82, 2.24) is 4.90 Å². The Labute approximate surface area is 125 Å². The van der Waals surface area contributed by atoms with Gasteiger partial charge in [-0.2, -0.15) is 0 Å². The first kappa shape index (κ1) is 13.6. The van der Waals surface area contributed by atoms with E-state index in [2.05, 4.69) is 24.3 Å². The van der Waals surface area contributed by atoms with Crippen LogP contribution < -0.4 is 5.73 Å². The van der Waals surface area contributed by atoms with Gasteiger partial charge in [0.1, 0.15) is 0 Å². The van der Waals surface area contributed by atoms with E-state index in [-0.39, 0.29) is 5.92 Å². The van der Waals surface area contributed by atoms with Crippen LogP contribution in [0.4, 0.5) is 0 Å². The minimum Gasteiger partial charge on any atom is -0.393 e. The molecule has 106 valence electrons. The third-order valence-corrected chi connectivity index (χ3v) is 4.94. The minimum absolute atomic E-state index is 0.133. The summed E-state index contributed by atoms with van der Waals surface area (Å²) < 4.78 is 0. The van der Waals surface area contributed by atoms with Gasteiger partial charge in [0, 0.05) is 24.9 Å². The summed E-state index contributed by atoms with van der Waals surface area (Å²) in [5, 5.41) is 0. The fraction of sp³-hybridized carbons (Fsp3) is 0.500. The topological polar surface area (TPSA) is 46.3 Å². The predicted octanol–water partition coefficient (Wildman–Crippen LogP) is 1.93. The van der Waals surface area contributed by atoms with E-state index in [1.165, 1.54) is 11.1 Å². The Morgan fingerprint density at radius 1 is 1.10 bits per heavy atom. The first-order valence-corrected chi connectivity index (χ1v) is 7.71. The molecule has 2 N–H and O–H groups in total. The number of hydrogen-bond acceptors (Lipinski definition) is 2. The maximum absolute atomic E-state index is 12.6. The second kappa shape index (κ2) is 5.52. The summed E-state index contributed by atoms with van der Waals surface area (Å²) in [7, 11) is 0. The van der Waals surface area contributed by atoms with Crippen molar-refractivity contribution >= 4 is 23.1 Å². The Balaban J connectivity index is 1.60. The highest BCUT2D eigenvalue weighted by Gasteiger charge is 2.32. The van der Waals surface area contributed by atoms with Gasteiger partial charge in [-0.1, -0.05) is 36.5 Å². The quantitative estimate of drug-likeness (QED) is 0.846. The third kappa shape index (κ3) is 2.57. The zero-order valence-corrected chi connectivity index (χ0v) is 12.4. The lowest BCUT2D eigenvalue weighted by molar-refractivity contribution is -0.136. The largest absolute Gasteiger partial charge is 0.393 e. The monoisotopic (exact) mass is 288 g/mol. The SMILES string of the molecule is NC(=S)C1CCN(C(=O)C2Cc3ccccc3C2)CC1. The van der Waals surface area contributed by atoms with Gasteiger partial charge in [0.05, 0.1) is 4.99 Å². The van der Waals surface area contributed by atoms with Crippen molar-refractivity contribution in [2.45, 2.75) is 25.7 Å². The summed E-state index contributed by atoms with van der Waals surface area (Å²) in [6, 6.07) is 8.39. The summed E-state index contributed by atoms with van der Waals surface area (Å²) in [4.78, 5) is 15.2. The standard InChI is InChI=1S/C16H20N2OS/c17-15(20)11-5-7-18(8-6-11)16(19)14-9-12-3-1-2-4-13(12)10-14/h1-4,11,14H,5-10H2,(H2,17,20). The summed E-state index contributed by atoms with van der Waals surface area (Å²) >= 11 is 5.05. The molecule has 0 radical (unpaired) electrons. The van der Waals surface area contributed by atoms with E-state index < -0.39 is 0 Å². The van der Waals surface area contributed by atoms with Gasteiger partial charge in [-0.3, -0.25) is 4.79 Å². The smallest absolute Gasteiger partial charge is 0.226 e. The highest BCUT2D eigenvalue weighted by molar-refractivity contribution is 7.80. The second-order valence-corrected chi connectivity index (χ2v) is 6.35. The van der Waals surface area contributed by atoms with E-state index in [0.717, 1.165) is 38.8 Å². The van der Waals surface area contributed by atoms with E-state index in [4.69, 9.17) is 18.0 Å². The highest BCUT2D eigenvalue weighted by Crippen LogP contribution is 2.29. The molecular formula is C16H20N2OS. The van der Waals surface area contributed by atoms with Gasteiger partial charge in [0.25, 0.3) is 0 Å². The molecular weight excluding hydrogens is 268 g/mol. The van der Waals surface area contributed by atoms with E-state index in [1.807, 2.05) is 4.90 Å². The number of carbonyl (C=O) groups excluding carboxylic acids is 1. The molecule has 1 saturated heterocycles. The van der Waals surface area contributed by atoms with Crippen LogP contribution in [0.25, 0.3) is 0 Å². The minimum atomic E-state index is 0.133. The van der Waals surface area contributed by atoms with Crippen LogP contribution in [0.5, 0.6) is 0 Å². The lowest BCUT2D eigenvalue weighted by Crippen LogP contribution is -2.44. The summed E-state index contributed by atoms with van der Waals surface area (Å²) in [6.45, 7) is 1.60. The van der Waals surface area contributed by atoms with Gasteiger partial charge in [-0.25, -0.2) is 0 Å². The molecule has 2 aliphatic rings. The van der Waals surface area contributed by atoms with Gasteiger partial charge in [0.15, 0.2) is 0 Å². The van der Waals surface area contributed by atoms with Crippen LogP contribution in [-0.4, -0.2) is 28.9 Å². The Morgan fingerprint density at radius 3 is 2.15 bits per heavy atom. The molecule has 0 bridgehead atoms. The van der Waals surface area contributed by atoms with Crippen molar-refractivity contribution in [2.75, 3.05) is 13.1 Å². The van der Waals surface area contributed by atoms with Crippen molar-refractivity contribution in [3.8, 4) is 0 Å².